The fourth-order valence-corrected chi connectivity index (χ4v) is 1.65. The minimum absolute atomic E-state index is 0.475. The standard InChI is InChI=1S/C8H12N2/c1-2-4-8-7(3-1)9-5-6-10-8/h5,7H,1-4,6H2. The highest BCUT2D eigenvalue weighted by Gasteiger charge is 2.19. The molecule has 1 saturated carbocycles. The molecule has 0 spiro atoms. The van der Waals surface area contributed by atoms with Crippen LogP contribution in [0.15, 0.2) is 9.98 Å². The zero-order valence-corrected chi connectivity index (χ0v) is 6.08. The van der Waals surface area contributed by atoms with Gasteiger partial charge in [0.05, 0.1) is 12.6 Å². The molecule has 0 N–H and O–H groups in total. The molecule has 2 rings (SSSR count). The lowest BCUT2D eigenvalue weighted by Gasteiger charge is -2.22. The van der Waals surface area contributed by atoms with Gasteiger partial charge in [-0.3, -0.25) is 9.98 Å². The molecule has 2 aliphatic rings. The molecule has 0 amide bonds. The first-order valence-corrected chi connectivity index (χ1v) is 4.01. The van der Waals surface area contributed by atoms with E-state index in [1.54, 1.807) is 0 Å². The summed E-state index contributed by atoms with van der Waals surface area (Å²) in [5.74, 6) is 0. The minimum Gasteiger partial charge on any atom is -0.286 e. The van der Waals surface area contributed by atoms with Gasteiger partial charge in [-0.1, -0.05) is 6.42 Å². The molecular formula is C8H12N2. The molecule has 0 radical (unpaired) electrons. The van der Waals surface area contributed by atoms with Gasteiger partial charge in [0.25, 0.3) is 0 Å². The van der Waals surface area contributed by atoms with Crippen molar-refractivity contribution in [3.05, 3.63) is 0 Å². The van der Waals surface area contributed by atoms with Gasteiger partial charge in [0.2, 0.25) is 0 Å². The lowest BCUT2D eigenvalue weighted by atomic mass is 9.93. The first kappa shape index (κ1) is 6.08. The van der Waals surface area contributed by atoms with Crippen LogP contribution in [0.25, 0.3) is 0 Å². The predicted molar refractivity (Wildman–Crippen MR) is 43.1 cm³/mol. The van der Waals surface area contributed by atoms with Crippen LogP contribution in [-0.4, -0.2) is 24.5 Å². The number of rotatable bonds is 0. The summed E-state index contributed by atoms with van der Waals surface area (Å²) in [7, 11) is 0. The van der Waals surface area contributed by atoms with Gasteiger partial charge in [0.15, 0.2) is 0 Å². The van der Waals surface area contributed by atoms with Crippen molar-refractivity contribution in [3.8, 4) is 0 Å². The second-order valence-corrected chi connectivity index (χ2v) is 2.93. The molecule has 1 aliphatic heterocycles. The number of hydrogen-bond acceptors (Lipinski definition) is 2. The SMILES string of the molecule is C1=NC2CCCCC2=NC1. The monoisotopic (exact) mass is 136 g/mol. The second kappa shape index (κ2) is 2.52. The van der Waals surface area contributed by atoms with Crippen molar-refractivity contribution in [1.29, 1.82) is 0 Å². The van der Waals surface area contributed by atoms with E-state index in [0.29, 0.717) is 6.04 Å². The summed E-state index contributed by atoms with van der Waals surface area (Å²) in [4.78, 5) is 8.81. The zero-order valence-electron chi connectivity index (χ0n) is 6.08. The molecule has 0 aromatic carbocycles. The maximum absolute atomic E-state index is 4.42. The Kier molecular flexibility index (Phi) is 1.53. The molecule has 2 heteroatoms. The van der Waals surface area contributed by atoms with Crippen molar-refractivity contribution >= 4 is 11.9 Å². The Morgan fingerprint density at radius 2 is 2.40 bits per heavy atom. The van der Waals surface area contributed by atoms with Gasteiger partial charge >= 0.3 is 0 Å². The Morgan fingerprint density at radius 3 is 3.30 bits per heavy atom. The highest BCUT2D eigenvalue weighted by Crippen LogP contribution is 2.19. The van der Waals surface area contributed by atoms with Crippen molar-refractivity contribution < 1.29 is 0 Å². The highest BCUT2D eigenvalue weighted by molar-refractivity contribution is 5.93. The van der Waals surface area contributed by atoms with E-state index in [0.717, 1.165) is 6.54 Å². The van der Waals surface area contributed by atoms with Gasteiger partial charge in [0, 0.05) is 11.9 Å². The van der Waals surface area contributed by atoms with Crippen LogP contribution in [0.5, 0.6) is 0 Å². The first-order valence-electron chi connectivity index (χ1n) is 4.01. The molecule has 2 nitrogen and oxygen atoms in total. The molecule has 0 aromatic rings. The van der Waals surface area contributed by atoms with Crippen LogP contribution in [-0.2, 0) is 0 Å². The van der Waals surface area contributed by atoms with Crippen molar-refractivity contribution in [2.75, 3.05) is 6.54 Å². The fraction of sp³-hybridized carbons (Fsp3) is 0.750. The quantitative estimate of drug-likeness (QED) is 0.481. The van der Waals surface area contributed by atoms with Gasteiger partial charge in [-0.05, 0) is 19.3 Å². The highest BCUT2D eigenvalue weighted by atomic mass is 14.9. The molecule has 0 aromatic heterocycles. The zero-order chi connectivity index (χ0) is 6.81. The molecule has 1 unspecified atom stereocenters. The molecule has 54 valence electrons. The van der Waals surface area contributed by atoms with Crippen molar-refractivity contribution in [2.24, 2.45) is 9.98 Å². The number of nitrogens with zero attached hydrogens (tertiary/aromatic N) is 2. The minimum atomic E-state index is 0.475. The third-order valence-electron chi connectivity index (χ3n) is 2.21. The summed E-state index contributed by atoms with van der Waals surface area (Å²) in [5, 5.41) is 0. The number of aliphatic imine (C=N–C) groups is 2. The van der Waals surface area contributed by atoms with Crippen LogP contribution in [0.3, 0.4) is 0 Å². The molecule has 1 atom stereocenters. The molecule has 1 heterocycles. The smallest absolute Gasteiger partial charge is 0.0873 e. The molecule has 0 bridgehead atoms. The lowest BCUT2D eigenvalue weighted by molar-refractivity contribution is 0.603. The third-order valence-corrected chi connectivity index (χ3v) is 2.21. The van der Waals surface area contributed by atoms with Crippen molar-refractivity contribution in [3.63, 3.8) is 0 Å². The van der Waals surface area contributed by atoms with E-state index in [4.69, 9.17) is 0 Å². The number of hydrogen-bond donors (Lipinski definition) is 0. The third kappa shape index (κ3) is 0.981. The lowest BCUT2D eigenvalue weighted by Crippen LogP contribution is -2.26. The maximum Gasteiger partial charge on any atom is 0.0873 e. The van der Waals surface area contributed by atoms with E-state index < -0.39 is 0 Å². The average Bonchev–Trinajstić information content (AvgIpc) is 2.05. The molecule has 1 fully saturated rings. The second-order valence-electron chi connectivity index (χ2n) is 2.93. The summed E-state index contributed by atoms with van der Waals surface area (Å²) in [5.41, 5.74) is 1.36. The van der Waals surface area contributed by atoms with E-state index in [2.05, 4.69) is 9.98 Å². The Balaban J connectivity index is 2.13. The molecule has 10 heavy (non-hydrogen) atoms. The van der Waals surface area contributed by atoms with E-state index in [-0.39, 0.29) is 0 Å². The molecule has 0 saturated heterocycles. The van der Waals surface area contributed by atoms with Crippen molar-refractivity contribution in [2.45, 2.75) is 31.7 Å². The summed E-state index contributed by atoms with van der Waals surface area (Å²) in [6.45, 7) is 0.825. The maximum atomic E-state index is 4.42. The van der Waals surface area contributed by atoms with Gasteiger partial charge in [-0.15, -0.1) is 0 Å². The first-order chi connectivity index (χ1) is 4.97. The van der Waals surface area contributed by atoms with E-state index in [1.165, 1.54) is 31.4 Å². The fourth-order valence-electron chi connectivity index (χ4n) is 1.65. The predicted octanol–water partition coefficient (Wildman–Crippen LogP) is 1.45. The summed E-state index contributed by atoms with van der Waals surface area (Å²) in [6, 6.07) is 0.475. The average molecular weight is 136 g/mol. The van der Waals surface area contributed by atoms with E-state index in [9.17, 15) is 0 Å². The number of fused-ring (bicyclic) bond motifs is 1. The van der Waals surface area contributed by atoms with Crippen LogP contribution in [0, 0.1) is 0 Å². The van der Waals surface area contributed by atoms with Gasteiger partial charge < -0.3 is 0 Å². The summed E-state index contributed by atoms with van der Waals surface area (Å²) >= 11 is 0. The van der Waals surface area contributed by atoms with E-state index >= 15 is 0 Å². The summed E-state index contributed by atoms with van der Waals surface area (Å²) in [6.07, 6.45) is 7.03. The topological polar surface area (TPSA) is 24.7 Å². The molecular weight excluding hydrogens is 124 g/mol. The van der Waals surface area contributed by atoms with Crippen LogP contribution >= 0.6 is 0 Å². The van der Waals surface area contributed by atoms with Crippen LogP contribution in [0.4, 0.5) is 0 Å². The normalized spacial score (nSPS) is 31.2. The van der Waals surface area contributed by atoms with Crippen LogP contribution in [0.1, 0.15) is 25.7 Å². The Morgan fingerprint density at radius 1 is 1.40 bits per heavy atom. The van der Waals surface area contributed by atoms with Crippen molar-refractivity contribution in [1.82, 2.24) is 0 Å². The Bertz CT molecular complexity index is 182. The van der Waals surface area contributed by atoms with Crippen LogP contribution < -0.4 is 0 Å². The van der Waals surface area contributed by atoms with Crippen LogP contribution in [0.2, 0.25) is 0 Å². The van der Waals surface area contributed by atoms with E-state index in [1.807, 2.05) is 6.21 Å². The largest absolute Gasteiger partial charge is 0.286 e. The van der Waals surface area contributed by atoms with Gasteiger partial charge in [0.1, 0.15) is 0 Å². The molecule has 1 aliphatic carbocycles. The Hall–Kier alpha value is -0.660. The van der Waals surface area contributed by atoms with Gasteiger partial charge in [-0.25, -0.2) is 0 Å². The van der Waals surface area contributed by atoms with Gasteiger partial charge in [-0.2, -0.15) is 0 Å². The Labute approximate surface area is 61.1 Å². The summed E-state index contributed by atoms with van der Waals surface area (Å²) < 4.78 is 0.